The molecule has 2 aliphatic carbocycles. The number of ether oxygens (including phenoxy) is 1. The Hall–Kier alpha value is -1.15. The Balaban J connectivity index is 1.97. The van der Waals surface area contributed by atoms with E-state index < -0.39 is 0 Å². The van der Waals surface area contributed by atoms with Crippen LogP contribution in [0.15, 0.2) is 34.9 Å². The molecule has 4 atom stereocenters. The Kier molecular flexibility index (Phi) is 6.46. The molecule has 1 spiro atoms. The van der Waals surface area contributed by atoms with Gasteiger partial charge in [-0.05, 0) is 91.4 Å². The second kappa shape index (κ2) is 8.47. The minimum atomic E-state index is -0.239. The summed E-state index contributed by atoms with van der Waals surface area (Å²) >= 11 is 0. The van der Waals surface area contributed by atoms with Crippen LogP contribution in [0.2, 0.25) is 0 Å². The lowest BCUT2D eigenvalue weighted by molar-refractivity contribution is -0.131. The van der Waals surface area contributed by atoms with Crippen LogP contribution in [0.5, 0.6) is 0 Å². The van der Waals surface area contributed by atoms with E-state index in [-0.39, 0.29) is 11.0 Å². The molecule has 3 rings (SSSR count). The number of rotatable bonds is 4. The average Bonchev–Trinajstić information content (AvgIpc) is 3.39. The highest BCUT2D eigenvalue weighted by Gasteiger charge is 2.63. The second-order valence-electron chi connectivity index (χ2n) is 9.61. The number of allylic oxidation sites excluding steroid dienone is 6. The van der Waals surface area contributed by atoms with E-state index in [4.69, 9.17) is 4.74 Å². The first-order valence-corrected chi connectivity index (χ1v) is 11.0. The van der Waals surface area contributed by atoms with E-state index in [0.29, 0.717) is 11.8 Å². The molecule has 0 radical (unpaired) electrons. The average molecular weight is 371 g/mol. The molecule has 1 aliphatic heterocycles. The highest BCUT2D eigenvalue weighted by Crippen LogP contribution is 2.60. The van der Waals surface area contributed by atoms with Crippen LogP contribution >= 0.6 is 0 Å². The quantitative estimate of drug-likeness (QED) is 0.318. The maximum absolute atomic E-state index is 12.8. The van der Waals surface area contributed by atoms with Gasteiger partial charge < -0.3 is 9.53 Å². The molecule has 2 nitrogen and oxygen atoms in total. The van der Waals surface area contributed by atoms with Crippen molar-refractivity contribution in [2.24, 2.45) is 17.3 Å². The zero-order valence-corrected chi connectivity index (χ0v) is 17.9. The lowest BCUT2D eigenvalue weighted by atomic mass is 9.53. The number of aldehydes is 1. The van der Waals surface area contributed by atoms with Gasteiger partial charge in [-0.2, -0.15) is 0 Å². The third-order valence-corrected chi connectivity index (χ3v) is 7.43. The zero-order chi connectivity index (χ0) is 19.5. The minimum absolute atomic E-state index is 0.00839. The Morgan fingerprint density at radius 3 is 2.59 bits per heavy atom. The van der Waals surface area contributed by atoms with Crippen molar-refractivity contribution >= 4 is 6.29 Å². The number of carbonyl (C=O) groups is 1. The van der Waals surface area contributed by atoms with Crippen molar-refractivity contribution < 1.29 is 9.53 Å². The molecule has 0 aromatic rings. The third kappa shape index (κ3) is 4.47. The van der Waals surface area contributed by atoms with Crippen LogP contribution in [0.25, 0.3) is 0 Å². The maximum atomic E-state index is 12.8. The summed E-state index contributed by atoms with van der Waals surface area (Å²) in [6.45, 7) is 9.69. The molecule has 1 saturated heterocycles. The van der Waals surface area contributed by atoms with Crippen LogP contribution in [0, 0.1) is 17.3 Å². The molecule has 0 aromatic heterocycles. The predicted molar refractivity (Wildman–Crippen MR) is 113 cm³/mol. The van der Waals surface area contributed by atoms with E-state index >= 15 is 0 Å². The molecule has 0 unspecified atom stereocenters. The summed E-state index contributed by atoms with van der Waals surface area (Å²) in [5.41, 5.74) is 4.05. The monoisotopic (exact) mass is 370 g/mol. The molecule has 1 heterocycles. The van der Waals surface area contributed by atoms with Crippen molar-refractivity contribution in [2.45, 2.75) is 91.1 Å². The second-order valence-corrected chi connectivity index (χ2v) is 9.61. The van der Waals surface area contributed by atoms with E-state index in [0.717, 1.165) is 64.4 Å². The highest BCUT2D eigenvalue weighted by atomic mass is 16.6. The first-order valence-electron chi connectivity index (χ1n) is 11.0. The fraction of sp³-hybridized carbons (Fsp3) is 0.720. The summed E-state index contributed by atoms with van der Waals surface area (Å²) in [5.74, 6) is 0.822. The molecule has 1 saturated carbocycles. The maximum Gasteiger partial charge on any atom is 0.126 e. The van der Waals surface area contributed by atoms with Crippen molar-refractivity contribution in [1.82, 2.24) is 0 Å². The molecule has 3 aliphatic rings. The van der Waals surface area contributed by atoms with Crippen molar-refractivity contribution in [3.63, 3.8) is 0 Å². The summed E-state index contributed by atoms with van der Waals surface area (Å²) < 4.78 is 6.08. The SMILES string of the molecule is CC(C)=CCC[C@]1(C=O)[C@H]2C/C=C(/C)CC/C=C(/C)CC[C@H]1[C@@]1(CC2)CO1. The van der Waals surface area contributed by atoms with E-state index in [2.05, 4.69) is 45.9 Å². The van der Waals surface area contributed by atoms with Gasteiger partial charge in [-0.25, -0.2) is 0 Å². The topological polar surface area (TPSA) is 29.6 Å². The van der Waals surface area contributed by atoms with Gasteiger partial charge in [0.1, 0.15) is 6.29 Å². The summed E-state index contributed by atoms with van der Waals surface area (Å²) in [6.07, 6.45) is 18.3. The van der Waals surface area contributed by atoms with Crippen LogP contribution in [-0.2, 0) is 9.53 Å². The van der Waals surface area contributed by atoms with Gasteiger partial charge in [-0.15, -0.1) is 0 Å². The van der Waals surface area contributed by atoms with Gasteiger partial charge in [0.15, 0.2) is 0 Å². The van der Waals surface area contributed by atoms with E-state index in [1.165, 1.54) is 23.0 Å². The molecule has 0 N–H and O–H groups in total. The van der Waals surface area contributed by atoms with E-state index in [1.54, 1.807) is 0 Å². The van der Waals surface area contributed by atoms with Crippen molar-refractivity contribution in [2.75, 3.05) is 6.61 Å². The molecule has 150 valence electrons. The Morgan fingerprint density at radius 1 is 1.19 bits per heavy atom. The van der Waals surface area contributed by atoms with Crippen LogP contribution < -0.4 is 0 Å². The molecular formula is C25H38O2. The molecule has 0 aromatic carbocycles. The minimum Gasteiger partial charge on any atom is -0.369 e. The van der Waals surface area contributed by atoms with Gasteiger partial charge >= 0.3 is 0 Å². The molecule has 0 amide bonds. The van der Waals surface area contributed by atoms with Crippen molar-refractivity contribution in [3.8, 4) is 0 Å². The Bertz CT molecular complexity index is 631. The lowest BCUT2D eigenvalue weighted by Crippen LogP contribution is -2.51. The number of hydrogen-bond acceptors (Lipinski definition) is 2. The fourth-order valence-electron chi connectivity index (χ4n) is 5.64. The van der Waals surface area contributed by atoms with Crippen molar-refractivity contribution in [1.29, 1.82) is 0 Å². The Morgan fingerprint density at radius 2 is 1.93 bits per heavy atom. The predicted octanol–water partition coefficient (Wildman–Crippen LogP) is 6.57. The summed E-state index contributed by atoms with van der Waals surface area (Å²) in [6, 6.07) is 0. The normalized spacial score (nSPS) is 40.6. The van der Waals surface area contributed by atoms with Gasteiger partial charge in [-0.1, -0.05) is 34.9 Å². The standard InChI is InChI=1S/C25H38O2/c1-19(2)7-6-15-24(17-26)22-12-10-20(3)8-5-9-21(4)11-13-23(24)25(16-14-22)18-27-25/h7,9-10,17,22-23H,5-6,8,11-16,18H2,1-4H3/b20-10-,21-9-/t22-,23+,24-,25+/m0/s1. The number of fused-ring (bicyclic) bond motifs is 3. The molecule has 27 heavy (non-hydrogen) atoms. The van der Waals surface area contributed by atoms with Gasteiger partial charge in [0, 0.05) is 11.3 Å². The third-order valence-electron chi connectivity index (χ3n) is 7.43. The molecule has 2 fully saturated rings. The smallest absolute Gasteiger partial charge is 0.126 e. The molecule has 2 bridgehead atoms. The largest absolute Gasteiger partial charge is 0.369 e. The van der Waals surface area contributed by atoms with Crippen LogP contribution in [0.1, 0.15) is 85.5 Å². The van der Waals surface area contributed by atoms with Crippen LogP contribution in [-0.4, -0.2) is 18.5 Å². The fourth-order valence-corrected chi connectivity index (χ4v) is 5.64. The first-order chi connectivity index (χ1) is 12.9. The van der Waals surface area contributed by atoms with Gasteiger partial charge in [-0.3, -0.25) is 0 Å². The zero-order valence-electron chi connectivity index (χ0n) is 17.9. The summed E-state index contributed by atoms with van der Waals surface area (Å²) in [7, 11) is 0. The first kappa shape index (κ1) is 20.6. The van der Waals surface area contributed by atoms with E-state index in [9.17, 15) is 4.79 Å². The number of carbonyl (C=O) groups excluding carboxylic acids is 1. The summed E-state index contributed by atoms with van der Waals surface area (Å²) in [5, 5.41) is 0. The number of hydrogen-bond donors (Lipinski definition) is 0. The van der Waals surface area contributed by atoms with Gasteiger partial charge in [0.25, 0.3) is 0 Å². The molecule has 2 heteroatoms. The van der Waals surface area contributed by atoms with E-state index in [1.807, 2.05) is 0 Å². The van der Waals surface area contributed by atoms with Crippen LogP contribution in [0.3, 0.4) is 0 Å². The summed E-state index contributed by atoms with van der Waals surface area (Å²) in [4.78, 5) is 12.8. The van der Waals surface area contributed by atoms with Gasteiger partial charge in [0.2, 0.25) is 0 Å². The lowest BCUT2D eigenvalue weighted by Gasteiger charge is -2.49. The van der Waals surface area contributed by atoms with Crippen molar-refractivity contribution in [3.05, 3.63) is 34.9 Å². The number of epoxide rings is 1. The van der Waals surface area contributed by atoms with Gasteiger partial charge in [0.05, 0.1) is 12.2 Å². The van der Waals surface area contributed by atoms with Crippen LogP contribution in [0.4, 0.5) is 0 Å². The highest BCUT2D eigenvalue weighted by molar-refractivity contribution is 5.62. The molecular weight excluding hydrogens is 332 g/mol. The Labute approximate surface area is 166 Å².